The van der Waals surface area contributed by atoms with E-state index in [9.17, 15) is 9.59 Å². The largest absolute Gasteiger partial charge is 0.369 e. The number of hydrogen-bond donors (Lipinski definition) is 1. The summed E-state index contributed by atoms with van der Waals surface area (Å²) in [6, 6.07) is 14.1. The number of rotatable bonds is 3. The fraction of sp³-hybridized carbons (Fsp3) is 0.263. The summed E-state index contributed by atoms with van der Waals surface area (Å²) in [4.78, 5) is 25.4. The quantitative estimate of drug-likeness (QED) is 0.886. The Bertz CT molecular complexity index is 762. The van der Waals surface area contributed by atoms with Crippen LogP contribution in [-0.4, -0.2) is 29.8 Å². The van der Waals surface area contributed by atoms with Crippen molar-refractivity contribution in [2.75, 3.05) is 13.1 Å². The van der Waals surface area contributed by atoms with E-state index < -0.39 is 0 Å². The number of hydrogen-bond acceptors (Lipinski definition) is 2. The zero-order valence-electron chi connectivity index (χ0n) is 12.9. The van der Waals surface area contributed by atoms with Gasteiger partial charge in [-0.15, -0.1) is 0 Å². The van der Waals surface area contributed by atoms with Gasteiger partial charge in [0.2, 0.25) is 11.8 Å². The second kappa shape index (κ2) is 6.65. The molecule has 2 N–H and O–H groups in total. The van der Waals surface area contributed by atoms with Crippen molar-refractivity contribution in [3.8, 4) is 0 Å². The fourth-order valence-corrected chi connectivity index (χ4v) is 3.07. The van der Waals surface area contributed by atoms with Gasteiger partial charge in [-0.05, 0) is 35.3 Å². The molecule has 1 atom stereocenters. The smallest absolute Gasteiger partial charge is 0.246 e. The summed E-state index contributed by atoms with van der Waals surface area (Å²) in [5.41, 5.74) is 6.38. The van der Waals surface area contributed by atoms with Gasteiger partial charge in [0.1, 0.15) is 0 Å². The van der Waals surface area contributed by atoms with Crippen LogP contribution in [0.3, 0.4) is 0 Å². The van der Waals surface area contributed by atoms with Gasteiger partial charge in [-0.2, -0.15) is 0 Å². The Morgan fingerprint density at radius 3 is 2.74 bits per heavy atom. The van der Waals surface area contributed by atoms with Gasteiger partial charge >= 0.3 is 0 Å². The molecule has 0 radical (unpaired) electrons. The van der Waals surface area contributed by atoms with Crippen LogP contribution in [-0.2, 0) is 9.59 Å². The highest BCUT2D eigenvalue weighted by Gasteiger charge is 2.25. The van der Waals surface area contributed by atoms with Gasteiger partial charge in [-0.1, -0.05) is 42.5 Å². The Morgan fingerprint density at radius 2 is 1.91 bits per heavy atom. The normalized spacial score (nSPS) is 18.4. The number of carbonyl (C=O) groups is 2. The topological polar surface area (TPSA) is 63.4 Å². The average Bonchev–Trinajstić information content (AvgIpc) is 2.59. The van der Waals surface area contributed by atoms with E-state index in [1.165, 1.54) is 0 Å². The summed E-state index contributed by atoms with van der Waals surface area (Å²) in [6.45, 7) is 1.11. The Hall–Kier alpha value is -2.62. The molecule has 1 aliphatic rings. The third-order valence-electron chi connectivity index (χ3n) is 4.36. The summed E-state index contributed by atoms with van der Waals surface area (Å²) in [5.74, 6) is -0.608. The number of primary amides is 1. The number of nitrogens with two attached hydrogens (primary N) is 1. The molecular weight excluding hydrogens is 288 g/mol. The average molecular weight is 308 g/mol. The molecule has 0 aliphatic carbocycles. The molecule has 2 amide bonds. The van der Waals surface area contributed by atoms with Crippen LogP contribution in [0, 0.1) is 5.92 Å². The Kier molecular flexibility index (Phi) is 4.42. The second-order valence-electron chi connectivity index (χ2n) is 5.93. The van der Waals surface area contributed by atoms with Gasteiger partial charge in [0, 0.05) is 19.2 Å². The SMILES string of the molecule is NC(=O)C1CCCN(C(=O)/C=C/c2cccc3ccccc23)C1. The van der Waals surface area contributed by atoms with Crippen LogP contribution in [0.4, 0.5) is 0 Å². The predicted octanol–water partition coefficient (Wildman–Crippen LogP) is 2.58. The van der Waals surface area contributed by atoms with Crippen LogP contribution in [0.5, 0.6) is 0 Å². The monoisotopic (exact) mass is 308 g/mol. The van der Waals surface area contributed by atoms with Crippen LogP contribution in [0.1, 0.15) is 18.4 Å². The summed E-state index contributed by atoms with van der Waals surface area (Å²) in [7, 11) is 0. The third kappa shape index (κ3) is 3.42. The molecule has 0 saturated carbocycles. The number of benzene rings is 2. The molecule has 2 aromatic rings. The van der Waals surface area contributed by atoms with E-state index in [4.69, 9.17) is 5.73 Å². The maximum Gasteiger partial charge on any atom is 0.246 e. The summed E-state index contributed by atoms with van der Waals surface area (Å²) in [6.07, 6.45) is 5.03. The fourth-order valence-electron chi connectivity index (χ4n) is 3.07. The Balaban J connectivity index is 1.76. The van der Waals surface area contributed by atoms with E-state index >= 15 is 0 Å². The van der Waals surface area contributed by atoms with Gasteiger partial charge in [0.25, 0.3) is 0 Å². The van der Waals surface area contributed by atoms with E-state index in [2.05, 4.69) is 12.1 Å². The number of nitrogens with zero attached hydrogens (tertiary/aromatic N) is 1. The van der Waals surface area contributed by atoms with Gasteiger partial charge in [0.15, 0.2) is 0 Å². The van der Waals surface area contributed by atoms with E-state index in [-0.39, 0.29) is 17.7 Å². The minimum atomic E-state index is -0.319. The first kappa shape index (κ1) is 15.3. The van der Waals surface area contributed by atoms with E-state index in [0.717, 1.165) is 29.2 Å². The van der Waals surface area contributed by atoms with Crippen LogP contribution in [0.15, 0.2) is 48.5 Å². The second-order valence-corrected chi connectivity index (χ2v) is 5.93. The minimum absolute atomic E-state index is 0.0658. The van der Waals surface area contributed by atoms with Crippen molar-refractivity contribution in [1.82, 2.24) is 4.90 Å². The Morgan fingerprint density at radius 1 is 1.13 bits per heavy atom. The van der Waals surface area contributed by atoms with Crippen molar-refractivity contribution in [2.24, 2.45) is 11.7 Å². The highest BCUT2D eigenvalue weighted by Crippen LogP contribution is 2.20. The third-order valence-corrected chi connectivity index (χ3v) is 4.36. The molecular formula is C19H20N2O2. The van der Waals surface area contributed by atoms with Gasteiger partial charge in [-0.25, -0.2) is 0 Å². The lowest BCUT2D eigenvalue weighted by Gasteiger charge is -2.30. The van der Waals surface area contributed by atoms with E-state index in [0.29, 0.717) is 13.1 Å². The van der Waals surface area contributed by atoms with Crippen molar-refractivity contribution in [3.63, 3.8) is 0 Å². The lowest BCUT2D eigenvalue weighted by molar-refractivity contribution is -0.130. The zero-order valence-corrected chi connectivity index (χ0v) is 12.9. The van der Waals surface area contributed by atoms with Crippen molar-refractivity contribution >= 4 is 28.7 Å². The zero-order chi connectivity index (χ0) is 16.2. The first-order valence-corrected chi connectivity index (χ1v) is 7.89. The molecule has 118 valence electrons. The van der Waals surface area contributed by atoms with Crippen LogP contribution in [0.25, 0.3) is 16.8 Å². The molecule has 2 aromatic carbocycles. The molecule has 1 unspecified atom stereocenters. The summed E-state index contributed by atoms with van der Waals surface area (Å²) < 4.78 is 0. The Labute approximate surface area is 135 Å². The van der Waals surface area contributed by atoms with Gasteiger partial charge in [0.05, 0.1) is 5.92 Å². The van der Waals surface area contributed by atoms with Crippen LogP contribution < -0.4 is 5.73 Å². The van der Waals surface area contributed by atoms with Crippen LogP contribution in [0.2, 0.25) is 0 Å². The van der Waals surface area contributed by atoms with Crippen molar-refractivity contribution in [1.29, 1.82) is 0 Å². The minimum Gasteiger partial charge on any atom is -0.369 e. The maximum atomic E-state index is 12.4. The molecule has 0 spiro atoms. The molecule has 23 heavy (non-hydrogen) atoms. The standard InChI is InChI=1S/C19H20N2O2/c20-19(23)16-8-4-12-21(13-16)18(22)11-10-15-7-3-6-14-5-1-2-9-17(14)15/h1-3,5-7,9-11,16H,4,8,12-13H2,(H2,20,23)/b11-10+. The number of carbonyl (C=O) groups excluding carboxylic acids is 2. The molecule has 1 aliphatic heterocycles. The highest BCUT2D eigenvalue weighted by atomic mass is 16.2. The van der Waals surface area contributed by atoms with Crippen LogP contribution >= 0.6 is 0 Å². The molecule has 1 saturated heterocycles. The van der Waals surface area contributed by atoms with Crippen molar-refractivity contribution in [2.45, 2.75) is 12.8 Å². The van der Waals surface area contributed by atoms with Crippen molar-refractivity contribution in [3.05, 3.63) is 54.1 Å². The van der Waals surface area contributed by atoms with Crippen molar-refractivity contribution < 1.29 is 9.59 Å². The maximum absolute atomic E-state index is 12.4. The molecule has 3 rings (SSSR count). The van der Waals surface area contributed by atoms with E-state index in [1.54, 1.807) is 11.0 Å². The molecule has 4 nitrogen and oxygen atoms in total. The number of piperidine rings is 1. The lowest BCUT2D eigenvalue weighted by atomic mass is 9.97. The molecule has 0 bridgehead atoms. The summed E-state index contributed by atoms with van der Waals surface area (Å²) >= 11 is 0. The summed E-state index contributed by atoms with van der Waals surface area (Å²) in [5, 5.41) is 2.27. The van der Waals surface area contributed by atoms with E-state index in [1.807, 2.05) is 36.4 Å². The first-order chi connectivity index (χ1) is 11.1. The molecule has 1 fully saturated rings. The first-order valence-electron chi connectivity index (χ1n) is 7.89. The predicted molar refractivity (Wildman–Crippen MR) is 91.5 cm³/mol. The van der Waals surface area contributed by atoms with Gasteiger partial charge in [-0.3, -0.25) is 9.59 Å². The number of amides is 2. The molecule has 1 heterocycles. The highest BCUT2D eigenvalue weighted by molar-refractivity contribution is 5.97. The number of fused-ring (bicyclic) bond motifs is 1. The molecule has 4 heteroatoms. The lowest BCUT2D eigenvalue weighted by Crippen LogP contribution is -2.43. The van der Waals surface area contributed by atoms with Gasteiger partial charge < -0.3 is 10.6 Å². The molecule has 0 aromatic heterocycles. The number of likely N-dealkylation sites (tertiary alicyclic amines) is 1.